The summed E-state index contributed by atoms with van der Waals surface area (Å²) in [5.41, 5.74) is 2.93. The van der Waals surface area contributed by atoms with Gasteiger partial charge in [0.25, 0.3) is 0 Å². The van der Waals surface area contributed by atoms with Gasteiger partial charge in [0.2, 0.25) is 15.9 Å². The van der Waals surface area contributed by atoms with E-state index in [0.717, 1.165) is 29.5 Å². The van der Waals surface area contributed by atoms with E-state index < -0.39 is 10.0 Å². The van der Waals surface area contributed by atoms with Gasteiger partial charge in [0.05, 0.1) is 12.2 Å². The van der Waals surface area contributed by atoms with E-state index in [2.05, 4.69) is 5.32 Å². The van der Waals surface area contributed by atoms with Crippen LogP contribution in [-0.4, -0.2) is 38.3 Å². The van der Waals surface area contributed by atoms with Gasteiger partial charge in [-0.3, -0.25) is 4.79 Å². The van der Waals surface area contributed by atoms with Crippen molar-refractivity contribution in [2.75, 3.05) is 19.6 Å². The second kappa shape index (κ2) is 9.34. The molecule has 1 N–H and O–H groups in total. The molecule has 1 fully saturated rings. The highest BCUT2D eigenvalue weighted by Gasteiger charge is 2.29. The van der Waals surface area contributed by atoms with Gasteiger partial charge in [0.1, 0.15) is 0 Å². The van der Waals surface area contributed by atoms with Gasteiger partial charge >= 0.3 is 0 Å². The molecule has 1 amide bonds. The van der Waals surface area contributed by atoms with Crippen LogP contribution < -0.4 is 5.32 Å². The van der Waals surface area contributed by atoms with E-state index in [4.69, 9.17) is 0 Å². The molecule has 1 unspecified atom stereocenters. The normalized spacial score (nSPS) is 18.0. The Hall–Kier alpha value is -2.18. The molecule has 2 aromatic rings. The number of hydrogen-bond acceptors (Lipinski definition) is 3. The number of piperidine rings is 1. The number of sulfonamides is 1. The summed E-state index contributed by atoms with van der Waals surface area (Å²) in [4.78, 5) is 12.3. The molecule has 0 radical (unpaired) electrons. The SMILES string of the molecule is Cc1ccccc1CC(=O)NCC1CCCN(S(=O)(=O)Cc2ccccc2)C1. The molecule has 1 heterocycles. The van der Waals surface area contributed by atoms with E-state index in [-0.39, 0.29) is 17.6 Å². The van der Waals surface area contributed by atoms with Crippen LogP contribution in [-0.2, 0) is 27.0 Å². The second-order valence-corrected chi connectivity index (χ2v) is 9.48. The van der Waals surface area contributed by atoms with Crippen molar-refractivity contribution in [1.29, 1.82) is 0 Å². The zero-order valence-electron chi connectivity index (χ0n) is 16.3. The minimum absolute atomic E-state index is 0.0152. The quantitative estimate of drug-likeness (QED) is 0.777. The summed E-state index contributed by atoms with van der Waals surface area (Å²) >= 11 is 0. The van der Waals surface area contributed by atoms with Crippen molar-refractivity contribution in [3.8, 4) is 0 Å². The van der Waals surface area contributed by atoms with Crippen molar-refractivity contribution in [1.82, 2.24) is 9.62 Å². The van der Waals surface area contributed by atoms with Crippen molar-refractivity contribution in [3.05, 3.63) is 71.3 Å². The highest BCUT2D eigenvalue weighted by molar-refractivity contribution is 7.88. The first kappa shape index (κ1) is 20.6. The summed E-state index contributed by atoms with van der Waals surface area (Å²) in [6, 6.07) is 17.1. The van der Waals surface area contributed by atoms with Gasteiger partial charge in [-0.15, -0.1) is 0 Å². The number of nitrogens with zero attached hydrogens (tertiary/aromatic N) is 1. The lowest BCUT2D eigenvalue weighted by Crippen LogP contribution is -2.44. The summed E-state index contributed by atoms with van der Waals surface area (Å²) in [6.07, 6.45) is 2.11. The van der Waals surface area contributed by atoms with E-state index in [1.54, 1.807) is 4.31 Å². The fourth-order valence-corrected chi connectivity index (χ4v) is 5.27. The molecule has 0 saturated carbocycles. The molecule has 1 aliphatic heterocycles. The van der Waals surface area contributed by atoms with E-state index in [9.17, 15) is 13.2 Å². The predicted octanol–water partition coefficient (Wildman–Crippen LogP) is 2.90. The smallest absolute Gasteiger partial charge is 0.224 e. The van der Waals surface area contributed by atoms with Gasteiger partial charge in [0, 0.05) is 19.6 Å². The predicted molar refractivity (Wildman–Crippen MR) is 111 cm³/mol. The Bertz CT molecular complexity index is 897. The maximum atomic E-state index is 12.8. The minimum atomic E-state index is -3.34. The monoisotopic (exact) mass is 400 g/mol. The Morgan fingerprint density at radius 1 is 1.11 bits per heavy atom. The van der Waals surface area contributed by atoms with Crippen LogP contribution in [0.3, 0.4) is 0 Å². The van der Waals surface area contributed by atoms with Crippen LogP contribution in [0.25, 0.3) is 0 Å². The van der Waals surface area contributed by atoms with Gasteiger partial charge in [-0.05, 0) is 42.4 Å². The lowest BCUT2D eigenvalue weighted by atomic mass is 9.99. The molecule has 1 atom stereocenters. The lowest BCUT2D eigenvalue weighted by molar-refractivity contribution is -0.120. The highest BCUT2D eigenvalue weighted by Crippen LogP contribution is 2.21. The van der Waals surface area contributed by atoms with Gasteiger partial charge in [-0.2, -0.15) is 0 Å². The standard InChI is InChI=1S/C22H28N2O3S/c1-18-8-5-6-12-21(18)14-22(25)23-15-20-11-7-13-24(16-20)28(26,27)17-19-9-3-2-4-10-19/h2-6,8-10,12,20H,7,11,13-17H2,1H3,(H,23,25). The van der Waals surface area contributed by atoms with Crippen molar-refractivity contribution in [3.63, 3.8) is 0 Å². The molecule has 0 bridgehead atoms. The van der Waals surface area contributed by atoms with Crippen LogP contribution in [0.1, 0.15) is 29.5 Å². The fraction of sp³-hybridized carbons (Fsp3) is 0.409. The van der Waals surface area contributed by atoms with Crippen LogP contribution in [0.4, 0.5) is 0 Å². The third-order valence-electron chi connectivity index (χ3n) is 5.27. The summed E-state index contributed by atoms with van der Waals surface area (Å²) in [5, 5.41) is 2.99. The van der Waals surface area contributed by atoms with E-state index >= 15 is 0 Å². The summed E-state index contributed by atoms with van der Waals surface area (Å²) in [6.45, 7) is 3.55. The number of benzene rings is 2. The molecule has 0 aromatic heterocycles. The van der Waals surface area contributed by atoms with E-state index in [1.165, 1.54) is 0 Å². The van der Waals surface area contributed by atoms with Gasteiger partial charge < -0.3 is 5.32 Å². The maximum Gasteiger partial charge on any atom is 0.224 e. The number of hydrogen-bond donors (Lipinski definition) is 1. The molecule has 150 valence electrons. The topological polar surface area (TPSA) is 66.5 Å². The molecular formula is C22H28N2O3S. The molecule has 1 aliphatic rings. The first-order chi connectivity index (χ1) is 13.4. The Morgan fingerprint density at radius 3 is 2.57 bits per heavy atom. The van der Waals surface area contributed by atoms with Crippen molar-refractivity contribution in [2.24, 2.45) is 5.92 Å². The average molecular weight is 401 g/mol. The maximum absolute atomic E-state index is 12.8. The molecule has 0 aliphatic carbocycles. The highest BCUT2D eigenvalue weighted by atomic mass is 32.2. The molecule has 0 spiro atoms. The lowest BCUT2D eigenvalue weighted by Gasteiger charge is -2.32. The zero-order valence-corrected chi connectivity index (χ0v) is 17.1. The molecule has 6 heteroatoms. The molecule has 5 nitrogen and oxygen atoms in total. The number of nitrogens with one attached hydrogen (secondary N) is 1. The Balaban J connectivity index is 1.52. The van der Waals surface area contributed by atoms with Crippen molar-refractivity contribution >= 4 is 15.9 Å². The van der Waals surface area contributed by atoms with Crippen molar-refractivity contribution in [2.45, 2.75) is 31.9 Å². The third kappa shape index (κ3) is 5.66. The second-order valence-electron chi connectivity index (χ2n) is 7.52. The summed E-state index contributed by atoms with van der Waals surface area (Å²) in [5.74, 6) is 0.166. The fourth-order valence-electron chi connectivity index (χ4n) is 3.62. The van der Waals surface area contributed by atoms with Gasteiger partial charge in [-0.1, -0.05) is 54.6 Å². The van der Waals surface area contributed by atoms with Crippen LogP contribution in [0.15, 0.2) is 54.6 Å². The van der Waals surface area contributed by atoms with Crippen molar-refractivity contribution < 1.29 is 13.2 Å². The summed E-state index contributed by atoms with van der Waals surface area (Å²) < 4.78 is 27.1. The van der Waals surface area contributed by atoms with Crippen LogP contribution in [0, 0.1) is 12.8 Å². The molecule has 1 saturated heterocycles. The third-order valence-corrected chi connectivity index (χ3v) is 7.08. The van der Waals surface area contributed by atoms with E-state index in [0.29, 0.717) is 26.1 Å². The number of carbonyl (C=O) groups excluding carboxylic acids is 1. The number of carbonyl (C=O) groups is 1. The first-order valence-corrected chi connectivity index (χ1v) is 11.4. The van der Waals surface area contributed by atoms with Crippen LogP contribution in [0.5, 0.6) is 0 Å². The summed E-state index contributed by atoms with van der Waals surface area (Å²) in [7, 11) is -3.34. The molecule has 2 aromatic carbocycles. The van der Waals surface area contributed by atoms with Crippen LogP contribution >= 0.6 is 0 Å². The number of aryl methyl sites for hydroxylation is 1. The average Bonchev–Trinajstić information content (AvgIpc) is 2.69. The van der Waals surface area contributed by atoms with E-state index in [1.807, 2.05) is 61.5 Å². The molecular weight excluding hydrogens is 372 g/mol. The Morgan fingerprint density at radius 2 is 1.82 bits per heavy atom. The Kier molecular flexibility index (Phi) is 6.86. The minimum Gasteiger partial charge on any atom is -0.355 e. The zero-order chi connectivity index (χ0) is 20.0. The van der Waals surface area contributed by atoms with Gasteiger partial charge in [0.15, 0.2) is 0 Å². The van der Waals surface area contributed by atoms with Crippen LogP contribution in [0.2, 0.25) is 0 Å². The first-order valence-electron chi connectivity index (χ1n) is 9.77. The molecule has 3 rings (SSSR count). The number of rotatable bonds is 7. The van der Waals surface area contributed by atoms with Gasteiger partial charge in [-0.25, -0.2) is 12.7 Å². The largest absolute Gasteiger partial charge is 0.355 e. The Labute approximate surface area is 167 Å². The molecule has 28 heavy (non-hydrogen) atoms. The number of amides is 1.